The maximum absolute atomic E-state index is 12.6. The largest absolute Gasteiger partial charge is 0.462 e. The fourth-order valence-corrected chi connectivity index (χ4v) is 3.64. The summed E-state index contributed by atoms with van der Waals surface area (Å²) in [5, 5.41) is 24.7. The minimum Gasteiger partial charge on any atom is -0.462 e. The normalized spacial score (nSPS) is 31.5. The van der Waals surface area contributed by atoms with Crippen LogP contribution in [0.5, 0.6) is 0 Å². The highest BCUT2D eigenvalue weighted by Gasteiger charge is 2.55. The van der Waals surface area contributed by atoms with Crippen LogP contribution in [0.15, 0.2) is 0 Å². The van der Waals surface area contributed by atoms with Gasteiger partial charge in [-0.25, -0.2) is 0 Å². The van der Waals surface area contributed by atoms with Crippen LogP contribution >= 0.6 is 0 Å². The fraction of sp³-hybridized carbons (Fsp3) is 0.929. The molecule has 6 nitrogen and oxygen atoms in total. The molecule has 0 aromatic carbocycles. The van der Waals surface area contributed by atoms with Gasteiger partial charge in [0.1, 0.15) is 5.54 Å². The second-order valence-corrected chi connectivity index (χ2v) is 6.49. The summed E-state index contributed by atoms with van der Waals surface area (Å²) in [6, 6.07) is 0.341. The second-order valence-electron chi connectivity index (χ2n) is 6.49. The molecule has 2 heterocycles. The van der Waals surface area contributed by atoms with Gasteiger partial charge in [-0.1, -0.05) is 12.8 Å². The van der Waals surface area contributed by atoms with Crippen molar-refractivity contribution in [3.05, 3.63) is 0 Å². The molecule has 0 aromatic heterocycles. The molecule has 120 valence electrons. The average Bonchev–Trinajstić information content (AvgIpc) is 2.96. The van der Waals surface area contributed by atoms with Crippen molar-refractivity contribution in [1.82, 2.24) is 10.6 Å². The smallest absolute Gasteiger partial charge is 0.451 e. The van der Waals surface area contributed by atoms with Crippen molar-refractivity contribution in [2.75, 3.05) is 13.1 Å². The summed E-state index contributed by atoms with van der Waals surface area (Å²) < 4.78 is 5.50. The number of carbonyl (C=O) groups is 1. The van der Waals surface area contributed by atoms with Gasteiger partial charge in [0.2, 0.25) is 0 Å². The lowest BCUT2D eigenvalue weighted by molar-refractivity contribution is -0.157. The van der Waals surface area contributed by atoms with Crippen LogP contribution in [0.3, 0.4) is 0 Å². The molecule has 2 fully saturated rings. The van der Waals surface area contributed by atoms with Crippen molar-refractivity contribution >= 4 is 13.1 Å². The van der Waals surface area contributed by atoms with Crippen molar-refractivity contribution in [1.29, 1.82) is 0 Å². The molecule has 0 amide bonds. The average molecular weight is 298 g/mol. The van der Waals surface area contributed by atoms with Gasteiger partial charge in [-0.05, 0) is 39.6 Å². The quantitative estimate of drug-likeness (QED) is 0.298. The van der Waals surface area contributed by atoms with E-state index in [1.165, 1.54) is 0 Å². The van der Waals surface area contributed by atoms with Crippen molar-refractivity contribution < 1.29 is 19.6 Å². The van der Waals surface area contributed by atoms with Crippen LogP contribution in [-0.2, 0) is 9.53 Å². The molecule has 0 bridgehead atoms. The van der Waals surface area contributed by atoms with E-state index >= 15 is 0 Å². The first kappa shape index (κ1) is 16.7. The summed E-state index contributed by atoms with van der Waals surface area (Å²) in [6.45, 7) is 5.48. The number of carbonyl (C=O) groups excluding carboxylic acids is 1. The van der Waals surface area contributed by atoms with Crippen LogP contribution in [0.1, 0.15) is 39.5 Å². The van der Waals surface area contributed by atoms with E-state index in [0.717, 1.165) is 25.9 Å². The predicted octanol–water partition coefficient (Wildman–Crippen LogP) is -0.0988. The Morgan fingerprint density at radius 3 is 2.86 bits per heavy atom. The van der Waals surface area contributed by atoms with Crippen molar-refractivity contribution in [3.8, 4) is 0 Å². The number of fused-ring (bicyclic) bond motifs is 1. The molecule has 2 saturated heterocycles. The van der Waals surface area contributed by atoms with Gasteiger partial charge in [0, 0.05) is 18.5 Å². The van der Waals surface area contributed by atoms with Crippen LogP contribution in [0, 0.1) is 5.92 Å². The van der Waals surface area contributed by atoms with E-state index in [1.807, 2.05) is 13.8 Å². The third-order valence-electron chi connectivity index (χ3n) is 4.61. The monoisotopic (exact) mass is 298 g/mol. The van der Waals surface area contributed by atoms with E-state index in [-0.39, 0.29) is 18.0 Å². The summed E-state index contributed by atoms with van der Waals surface area (Å²) in [6.07, 6.45) is 3.37. The lowest BCUT2D eigenvalue weighted by atomic mass is 9.77. The van der Waals surface area contributed by atoms with Gasteiger partial charge in [-0.2, -0.15) is 0 Å². The molecule has 21 heavy (non-hydrogen) atoms. The summed E-state index contributed by atoms with van der Waals surface area (Å²) >= 11 is 0. The molecule has 0 aromatic rings. The van der Waals surface area contributed by atoms with Gasteiger partial charge in [-0.3, -0.25) is 4.79 Å². The van der Waals surface area contributed by atoms with Gasteiger partial charge < -0.3 is 25.4 Å². The highest BCUT2D eigenvalue weighted by Crippen LogP contribution is 2.38. The number of esters is 1. The van der Waals surface area contributed by atoms with E-state index in [0.29, 0.717) is 25.2 Å². The Labute approximate surface area is 126 Å². The highest BCUT2D eigenvalue weighted by molar-refractivity contribution is 6.40. The Morgan fingerprint density at radius 2 is 2.19 bits per heavy atom. The van der Waals surface area contributed by atoms with E-state index in [9.17, 15) is 4.79 Å². The summed E-state index contributed by atoms with van der Waals surface area (Å²) in [4.78, 5) is 12.6. The van der Waals surface area contributed by atoms with E-state index in [1.54, 1.807) is 0 Å². The standard InChI is InChI=1S/C14H27BN2O4/c1-10(2)21-13(18)14(6-3-4-7-15(19)20)11-5-8-16-12(11)9-17-14/h10-12,16-17,19-20H,3-9H2,1-2H3/t11-,12-,14+/m0/s1. The number of rotatable bonds is 7. The summed E-state index contributed by atoms with van der Waals surface area (Å²) in [5.41, 5.74) is -0.612. The zero-order valence-corrected chi connectivity index (χ0v) is 13.0. The van der Waals surface area contributed by atoms with E-state index < -0.39 is 12.7 Å². The highest BCUT2D eigenvalue weighted by atomic mass is 16.5. The topological polar surface area (TPSA) is 90.8 Å². The SMILES string of the molecule is CC(C)OC(=O)[C@]1(CCCCB(O)O)NC[C@@H]2NCC[C@@H]21. The maximum Gasteiger partial charge on any atom is 0.451 e. The molecule has 2 aliphatic heterocycles. The van der Waals surface area contributed by atoms with Crippen molar-refractivity contribution in [3.63, 3.8) is 0 Å². The Kier molecular flexibility index (Phi) is 5.65. The number of unbranched alkanes of at least 4 members (excludes halogenated alkanes) is 1. The minimum atomic E-state index is -1.26. The van der Waals surface area contributed by atoms with Gasteiger partial charge in [0.05, 0.1) is 6.10 Å². The van der Waals surface area contributed by atoms with Crippen LogP contribution in [0.4, 0.5) is 0 Å². The molecule has 3 atom stereocenters. The Balaban J connectivity index is 2.02. The van der Waals surface area contributed by atoms with Gasteiger partial charge in [-0.15, -0.1) is 0 Å². The summed E-state index contributed by atoms with van der Waals surface area (Å²) in [7, 11) is -1.26. The van der Waals surface area contributed by atoms with E-state index in [2.05, 4.69) is 10.6 Å². The number of ether oxygens (including phenoxy) is 1. The first-order valence-electron chi connectivity index (χ1n) is 8.01. The first-order valence-corrected chi connectivity index (χ1v) is 8.01. The molecular formula is C14H27BN2O4. The Hall–Kier alpha value is -0.625. The molecule has 2 rings (SSSR count). The maximum atomic E-state index is 12.6. The molecule has 0 unspecified atom stereocenters. The molecule has 2 aliphatic rings. The van der Waals surface area contributed by atoms with Crippen LogP contribution < -0.4 is 10.6 Å². The Bertz CT molecular complexity index is 367. The zero-order chi connectivity index (χ0) is 15.5. The molecule has 4 N–H and O–H groups in total. The number of nitrogens with one attached hydrogen (secondary N) is 2. The number of hydrogen-bond donors (Lipinski definition) is 4. The van der Waals surface area contributed by atoms with Crippen LogP contribution in [0.2, 0.25) is 6.32 Å². The second kappa shape index (κ2) is 7.09. The number of hydrogen-bond acceptors (Lipinski definition) is 6. The van der Waals surface area contributed by atoms with E-state index in [4.69, 9.17) is 14.8 Å². The van der Waals surface area contributed by atoms with Crippen molar-refractivity contribution in [2.45, 2.75) is 63.5 Å². The Morgan fingerprint density at radius 1 is 1.43 bits per heavy atom. The molecule has 7 heteroatoms. The molecule has 0 spiro atoms. The first-order chi connectivity index (χ1) is 9.95. The van der Waals surface area contributed by atoms with Gasteiger partial charge >= 0.3 is 13.1 Å². The molecule has 0 radical (unpaired) electrons. The third kappa shape index (κ3) is 3.77. The van der Waals surface area contributed by atoms with Gasteiger partial charge in [0.15, 0.2) is 0 Å². The van der Waals surface area contributed by atoms with Crippen LogP contribution in [-0.4, -0.2) is 53.9 Å². The van der Waals surface area contributed by atoms with Crippen LogP contribution in [0.25, 0.3) is 0 Å². The minimum absolute atomic E-state index is 0.121. The molecule has 0 aliphatic carbocycles. The lowest BCUT2D eigenvalue weighted by Gasteiger charge is -2.33. The van der Waals surface area contributed by atoms with Crippen molar-refractivity contribution in [2.24, 2.45) is 5.92 Å². The predicted molar refractivity (Wildman–Crippen MR) is 80.7 cm³/mol. The molecular weight excluding hydrogens is 271 g/mol. The zero-order valence-electron chi connectivity index (χ0n) is 13.0. The fourth-order valence-electron chi connectivity index (χ4n) is 3.64. The lowest BCUT2D eigenvalue weighted by Crippen LogP contribution is -2.53. The van der Waals surface area contributed by atoms with Gasteiger partial charge in [0.25, 0.3) is 0 Å². The summed E-state index contributed by atoms with van der Waals surface area (Å²) in [5.74, 6) is 0.112. The molecule has 0 saturated carbocycles. The third-order valence-corrected chi connectivity index (χ3v) is 4.61.